The molecule has 0 aliphatic carbocycles. The lowest BCUT2D eigenvalue weighted by molar-refractivity contribution is 0.102. The predicted molar refractivity (Wildman–Crippen MR) is 100 cm³/mol. The number of carbonyl (C=O) groups excluding carboxylic acids is 1. The third-order valence-electron chi connectivity index (χ3n) is 3.47. The van der Waals surface area contributed by atoms with Crippen LogP contribution in [0.1, 0.15) is 42.3 Å². The summed E-state index contributed by atoms with van der Waals surface area (Å²) in [7, 11) is -3.66. The molecule has 25 heavy (non-hydrogen) atoms. The first-order valence-electron chi connectivity index (χ1n) is 8.01. The minimum Gasteiger partial charge on any atom is -0.322 e. The van der Waals surface area contributed by atoms with Gasteiger partial charge in [0.25, 0.3) is 5.91 Å². The van der Waals surface area contributed by atoms with Crippen LogP contribution >= 0.6 is 0 Å². The van der Waals surface area contributed by atoms with Gasteiger partial charge in [-0.3, -0.25) is 4.79 Å². The monoisotopic (exact) mass is 360 g/mol. The van der Waals surface area contributed by atoms with E-state index in [9.17, 15) is 13.2 Å². The van der Waals surface area contributed by atoms with Crippen molar-refractivity contribution in [2.24, 2.45) is 0 Å². The lowest BCUT2D eigenvalue weighted by Gasteiger charge is -2.20. The molecule has 0 saturated heterocycles. The molecule has 2 N–H and O–H groups in total. The van der Waals surface area contributed by atoms with E-state index in [1.54, 1.807) is 39.0 Å². The van der Waals surface area contributed by atoms with Crippen LogP contribution in [0, 0.1) is 13.8 Å². The minimum atomic E-state index is -3.66. The average molecular weight is 360 g/mol. The molecule has 0 radical (unpaired) electrons. The first-order valence-corrected chi connectivity index (χ1v) is 9.49. The Kier molecular flexibility index (Phi) is 5.34. The predicted octanol–water partition coefficient (Wildman–Crippen LogP) is 3.63. The van der Waals surface area contributed by atoms with Gasteiger partial charge in [0.15, 0.2) is 0 Å². The highest BCUT2D eigenvalue weighted by atomic mass is 32.2. The highest BCUT2D eigenvalue weighted by Crippen LogP contribution is 2.19. The fourth-order valence-electron chi connectivity index (χ4n) is 2.47. The van der Waals surface area contributed by atoms with Crippen molar-refractivity contribution in [1.82, 2.24) is 4.72 Å². The minimum absolute atomic E-state index is 0.112. The number of anilines is 1. The van der Waals surface area contributed by atoms with Gasteiger partial charge in [0, 0.05) is 16.8 Å². The van der Waals surface area contributed by atoms with E-state index in [0.29, 0.717) is 11.3 Å². The number of sulfonamides is 1. The summed E-state index contributed by atoms with van der Waals surface area (Å²) in [5.74, 6) is -0.268. The van der Waals surface area contributed by atoms with Gasteiger partial charge < -0.3 is 5.32 Å². The van der Waals surface area contributed by atoms with Crippen molar-refractivity contribution in [3.05, 3.63) is 59.2 Å². The molecule has 0 unspecified atom stereocenters. The maximum absolute atomic E-state index is 12.5. The Labute approximate surface area is 149 Å². The Morgan fingerprint density at radius 3 is 2.28 bits per heavy atom. The number of hydrogen-bond acceptors (Lipinski definition) is 3. The molecular weight excluding hydrogens is 336 g/mol. The fraction of sp³-hybridized carbons (Fsp3) is 0.316. The zero-order valence-corrected chi connectivity index (χ0v) is 16.0. The van der Waals surface area contributed by atoms with Crippen LogP contribution in [0.15, 0.2) is 47.4 Å². The van der Waals surface area contributed by atoms with Gasteiger partial charge in [0.1, 0.15) is 0 Å². The molecule has 0 aromatic heterocycles. The van der Waals surface area contributed by atoms with E-state index in [1.807, 2.05) is 26.0 Å². The summed E-state index contributed by atoms with van der Waals surface area (Å²) < 4.78 is 27.4. The van der Waals surface area contributed by atoms with E-state index in [0.717, 1.165) is 11.1 Å². The van der Waals surface area contributed by atoms with Gasteiger partial charge in [-0.1, -0.05) is 23.8 Å². The zero-order valence-electron chi connectivity index (χ0n) is 15.2. The van der Waals surface area contributed by atoms with E-state index < -0.39 is 15.6 Å². The standard InChI is InChI=1S/C19H24N2O3S/c1-13-9-10-17(14(2)11-13)18(22)20-15-7-6-8-16(12-15)25(23,24)21-19(3,4)5/h6-12,21H,1-5H3,(H,20,22). The first kappa shape index (κ1) is 19.1. The lowest BCUT2D eigenvalue weighted by atomic mass is 10.1. The third-order valence-corrected chi connectivity index (χ3v) is 5.22. The summed E-state index contributed by atoms with van der Waals surface area (Å²) in [5, 5.41) is 2.76. The summed E-state index contributed by atoms with van der Waals surface area (Å²) in [6.45, 7) is 9.16. The van der Waals surface area contributed by atoms with Gasteiger partial charge in [-0.2, -0.15) is 0 Å². The van der Waals surface area contributed by atoms with Crippen LogP contribution in [0.5, 0.6) is 0 Å². The van der Waals surface area contributed by atoms with E-state index in [2.05, 4.69) is 10.0 Å². The molecule has 1 amide bonds. The Morgan fingerprint density at radius 1 is 1.00 bits per heavy atom. The number of amides is 1. The van der Waals surface area contributed by atoms with Crippen molar-refractivity contribution in [3.63, 3.8) is 0 Å². The van der Waals surface area contributed by atoms with E-state index in [4.69, 9.17) is 0 Å². The van der Waals surface area contributed by atoms with Gasteiger partial charge in [0.2, 0.25) is 10.0 Å². The number of carbonyl (C=O) groups is 1. The highest BCUT2D eigenvalue weighted by Gasteiger charge is 2.22. The largest absolute Gasteiger partial charge is 0.322 e. The second kappa shape index (κ2) is 6.98. The Bertz CT molecular complexity index is 897. The lowest BCUT2D eigenvalue weighted by Crippen LogP contribution is -2.40. The second-order valence-electron chi connectivity index (χ2n) is 7.16. The van der Waals surface area contributed by atoms with Gasteiger partial charge in [-0.05, 0) is 64.4 Å². The second-order valence-corrected chi connectivity index (χ2v) is 8.84. The van der Waals surface area contributed by atoms with E-state index in [1.165, 1.54) is 12.1 Å². The summed E-state index contributed by atoms with van der Waals surface area (Å²) in [6, 6.07) is 11.8. The SMILES string of the molecule is Cc1ccc(C(=O)Nc2cccc(S(=O)(=O)NC(C)(C)C)c2)c(C)c1. The zero-order chi connectivity index (χ0) is 18.8. The van der Waals surface area contributed by atoms with Crippen LogP contribution in [-0.2, 0) is 10.0 Å². The molecule has 0 aliphatic heterocycles. The van der Waals surface area contributed by atoms with Crippen molar-refractivity contribution < 1.29 is 13.2 Å². The van der Waals surface area contributed by atoms with Crippen molar-refractivity contribution in [3.8, 4) is 0 Å². The fourth-order valence-corrected chi connectivity index (χ4v) is 3.93. The molecule has 0 bridgehead atoms. The molecule has 0 heterocycles. The molecule has 0 spiro atoms. The van der Waals surface area contributed by atoms with Crippen LogP contribution in [0.2, 0.25) is 0 Å². The molecule has 2 rings (SSSR count). The molecule has 5 nitrogen and oxygen atoms in total. The molecule has 6 heteroatoms. The number of benzene rings is 2. The Hall–Kier alpha value is -2.18. The van der Waals surface area contributed by atoms with Crippen LogP contribution in [0.4, 0.5) is 5.69 Å². The van der Waals surface area contributed by atoms with Gasteiger partial charge >= 0.3 is 0 Å². The Morgan fingerprint density at radius 2 is 1.68 bits per heavy atom. The van der Waals surface area contributed by atoms with Crippen LogP contribution < -0.4 is 10.0 Å². The quantitative estimate of drug-likeness (QED) is 0.874. The smallest absolute Gasteiger partial charge is 0.255 e. The van der Waals surface area contributed by atoms with E-state index in [-0.39, 0.29) is 10.8 Å². The number of nitrogens with one attached hydrogen (secondary N) is 2. The van der Waals surface area contributed by atoms with Crippen LogP contribution in [0.25, 0.3) is 0 Å². The molecule has 2 aromatic carbocycles. The average Bonchev–Trinajstić information content (AvgIpc) is 2.44. The molecule has 0 atom stereocenters. The Balaban J connectivity index is 2.26. The van der Waals surface area contributed by atoms with Crippen molar-refractivity contribution in [2.75, 3.05) is 5.32 Å². The van der Waals surface area contributed by atoms with Gasteiger partial charge in [-0.15, -0.1) is 0 Å². The number of rotatable bonds is 4. The van der Waals surface area contributed by atoms with Crippen molar-refractivity contribution in [1.29, 1.82) is 0 Å². The maximum atomic E-state index is 12.5. The highest BCUT2D eigenvalue weighted by molar-refractivity contribution is 7.89. The normalized spacial score (nSPS) is 12.0. The van der Waals surface area contributed by atoms with Crippen LogP contribution in [0.3, 0.4) is 0 Å². The van der Waals surface area contributed by atoms with E-state index >= 15 is 0 Å². The van der Waals surface area contributed by atoms with Crippen molar-refractivity contribution in [2.45, 2.75) is 45.1 Å². The van der Waals surface area contributed by atoms with Gasteiger partial charge in [0.05, 0.1) is 4.90 Å². The third kappa shape index (κ3) is 5.14. The molecular formula is C19H24N2O3S. The molecule has 0 fully saturated rings. The topological polar surface area (TPSA) is 75.3 Å². The van der Waals surface area contributed by atoms with Crippen LogP contribution in [-0.4, -0.2) is 19.9 Å². The first-order chi connectivity index (χ1) is 11.5. The molecule has 134 valence electrons. The number of aryl methyl sites for hydroxylation is 2. The van der Waals surface area contributed by atoms with Crippen molar-refractivity contribution >= 4 is 21.6 Å². The maximum Gasteiger partial charge on any atom is 0.255 e. The number of hydrogen-bond donors (Lipinski definition) is 2. The summed E-state index contributed by atoms with van der Waals surface area (Å²) >= 11 is 0. The molecule has 0 aliphatic rings. The molecule has 2 aromatic rings. The summed E-state index contributed by atoms with van der Waals surface area (Å²) in [5.41, 5.74) is 2.36. The summed E-state index contributed by atoms with van der Waals surface area (Å²) in [6.07, 6.45) is 0. The molecule has 0 saturated carbocycles. The van der Waals surface area contributed by atoms with Gasteiger partial charge in [-0.25, -0.2) is 13.1 Å². The summed E-state index contributed by atoms with van der Waals surface area (Å²) in [4.78, 5) is 12.6.